The first-order valence-corrected chi connectivity index (χ1v) is 14.2. The van der Waals surface area contributed by atoms with Gasteiger partial charge in [0.1, 0.15) is 6.04 Å². The highest BCUT2D eigenvalue weighted by molar-refractivity contribution is 5.94. The maximum Gasteiger partial charge on any atom is 0.249 e. The average molecular weight is 537 g/mol. The topological polar surface area (TPSA) is 91.4 Å². The van der Waals surface area contributed by atoms with Crippen LogP contribution in [0.1, 0.15) is 66.7 Å². The van der Waals surface area contributed by atoms with Crippen molar-refractivity contribution in [3.63, 3.8) is 0 Å². The molecule has 9 nitrogen and oxygen atoms in total. The van der Waals surface area contributed by atoms with Gasteiger partial charge in [0.2, 0.25) is 17.7 Å². The van der Waals surface area contributed by atoms with Gasteiger partial charge >= 0.3 is 0 Å². The lowest BCUT2D eigenvalue weighted by atomic mass is 9.96. The lowest BCUT2D eigenvalue weighted by molar-refractivity contribution is -0.140. The number of piperidine rings is 1. The van der Waals surface area contributed by atoms with Crippen LogP contribution in [0.5, 0.6) is 0 Å². The molecule has 0 bridgehead atoms. The van der Waals surface area contributed by atoms with Gasteiger partial charge in [-0.3, -0.25) is 19.3 Å². The zero-order valence-corrected chi connectivity index (χ0v) is 25.2. The lowest BCUT2D eigenvalue weighted by Gasteiger charge is -2.36. The van der Waals surface area contributed by atoms with E-state index in [1.807, 2.05) is 52.6 Å². The van der Waals surface area contributed by atoms with Crippen LogP contribution < -0.4 is 5.32 Å². The van der Waals surface area contributed by atoms with Crippen LogP contribution in [0.2, 0.25) is 0 Å². The van der Waals surface area contributed by atoms with E-state index in [0.717, 1.165) is 38.6 Å². The quantitative estimate of drug-likeness (QED) is 0.386. The molecule has 2 fully saturated rings. The van der Waals surface area contributed by atoms with Gasteiger partial charge in [-0.1, -0.05) is 40.2 Å². The number of amides is 3. The van der Waals surface area contributed by atoms with Crippen molar-refractivity contribution in [1.82, 2.24) is 20.0 Å². The summed E-state index contributed by atoms with van der Waals surface area (Å²) >= 11 is 0. The molecule has 3 amide bonds. The van der Waals surface area contributed by atoms with Gasteiger partial charge in [-0.15, -0.1) is 0 Å². The third kappa shape index (κ3) is 8.02. The highest BCUT2D eigenvalue weighted by atomic mass is 16.5. The molecule has 3 unspecified atom stereocenters. The fourth-order valence-corrected chi connectivity index (χ4v) is 5.82. The van der Waals surface area contributed by atoms with Crippen LogP contribution in [-0.2, 0) is 23.9 Å². The number of hydrogen-bond donors (Lipinski definition) is 1. The first-order chi connectivity index (χ1) is 17.9. The largest absolute Gasteiger partial charge is 0.383 e. The first kappa shape index (κ1) is 32.2. The van der Waals surface area contributed by atoms with E-state index in [1.165, 1.54) is 0 Å². The Morgan fingerprint density at radius 3 is 2.03 bits per heavy atom. The summed E-state index contributed by atoms with van der Waals surface area (Å²) in [5.41, 5.74) is 0.599. The van der Waals surface area contributed by atoms with Crippen molar-refractivity contribution >= 4 is 17.7 Å². The molecule has 9 heteroatoms. The van der Waals surface area contributed by atoms with Crippen LogP contribution >= 0.6 is 0 Å². The fourth-order valence-electron chi connectivity index (χ4n) is 5.82. The molecule has 0 saturated carbocycles. The van der Waals surface area contributed by atoms with E-state index in [1.54, 1.807) is 26.2 Å². The number of likely N-dealkylation sites (tertiary alicyclic amines) is 2. The molecule has 2 heterocycles. The first-order valence-electron chi connectivity index (χ1n) is 14.2. The van der Waals surface area contributed by atoms with Gasteiger partial charge in [-0.2, -0.15) is 0 Å². The van der Waals surface area contributed by atoms with Gasteiger partial charge in [-0.05, 0) is 58.0 Å². The molecule has 2 rings (SSSR count). The third-order valence-corrected chi connectivity index (χ3v) is 8.11. The number of ether oxygens (including phenoxy) is 2. The summed E-state index contributed by atoms with van der Waals surface area (Å²) in [4.78, 5) is 46.2. The van der Waals surface area contributed by atoms with Crippen LogP contribution in [0, 0.1) is 11.8 Å². The summed E-state index contributed by atoms with van der Waals surface area (Å²) in [6, 6.07) is -1.13. The summed E-state index contributed by atoms with van der Waals surface area (Å²) in [6.07, 6.45) is 6.57. The molecule has 0 spiro atoms. The number of rotatable bonds is 12. The van der Waals surface area contributed by atoms with Crippen LogP contribution in [0.4, 0.5) is 0 Å². The number of likely N-dealkylation sites (N-methyl/N-ethyl adjacent to an activating group) is 2. The monoisotopic (exact) mass is 536 g/mol. The van der Waals surface area contributed by atoms with Crippen molar-refractivity contribution in [3.05, 3.63) is 11.6 Å². The van der Waals surface area contributed by atoms with Crippen molar-refractivity contribution in [2.75, 3.05) is 48.1 Å². The molecule has 38 heavy (non-hydrogen) atoms. The molecular weight excluding hydrogens is 484 g/mol. The molecule has 218 valence electrons. The van der Waals surface area contributed by atoms with Crippen LogP contribution in [-0.4, -0.2) is 111 Å². The second-order valence-corrected chi connectivity index (χ2v) is 11.8. The summed E-state index contributed by atoms with van der Waals surface area (Å²) in [6.45, 7) is 11.7. The molecule has 1 N–H and O–H groups in total. The Labute approximate surface area is 230 Å². The SMILES string of the molecule is COCC1CC[C@@H](COC)N1C(=O)/C(C)=C/[C@H](C(C)C)N(C)C(=O)C(NC(=O)C1CCCCN1C)C(C)C. The van der Waals surface area contributed by atoms with Gasteiger partial charge in [0.15, 0.2) is 0 Å². The Hall–Kier alpha value is -1.97. The standard InChI is InChI=1S/C29H52N4O5/c1-19(2)25(16-21(5)28(35)33-22(17-37-8)13-14-23(33)18-38-9)32(7)29(36)26(20(3)4)30-27(34)24-12-10-11-15-31(24)6/h16,19-20,22-26H,10-15,17-18H2,1-9H3,(H,30,34)/b21-16+/t22-,23?,24?,25+,26?/m0/s1. The van der Waals surface area contributed by atoms with Gasteiger partial charge in [0.05, 0.1) is 37.4 Å². The molecule has 2 saturated heterocycles. The van der Waals surface area contributed by atoms with Crippen LogP contribution in [0.25, 0.3) is 0 Å². The molecule has 5 atom stereocenters. The average Bonchev–Trinajstić information content (AvgIpc) is 3.26. The summed E-state index contributed by atoms with van der Waals surface area (Å²) < 4.78 is 10.8. The molecule has 2 aliphatic heterocycles. The van der Waals surface area contributed by atoms with E-state index in [2.05, 4.69) is 10.2 Å². The number of nitrogens with one attached hydrogen (secondary N) is 1. The zero-order chi connectivity index (χ0) is 28.6. The minimum Gasteiger partial charge on any atom is -0.383 e. The van der Waals surface area contributed by atoms with E-state index in [0.29, 0.717) is 18.8 Å². The number of carbonyl (C=O) groups is 3. The third-order valence-electron chi connectivity index (χ3n) is 8.11. The van der Waals surface area contributed by atoms with E-state index >= 15 is 0 Å². The Morgan fingerprint density at radius 2 is 1.55 bits per heavy atom. The zero-order valence-electron chi connectivity index (χ0n) is 25.2. The number of nitrogens with zero attached hydrogens (tertiary/aromatic N) is 3. The number of methoxy groups -OCH3 is 2. The lowest BCUT2D eigenvalue weighted by Crippen LogP contribution is -2.57. The number of hydrogen-bond acceptors (Lipinski definition) is 6. The van der Waals surface area contributed by atoms with E-state index in [9.17, 15) is 14.4 Å². The minimum absolute atomic E-state index is 0.00585. The van der Waals surface area contributed by atoms with Gasteiger partial charge in [-0.25, -0.2) is 0 Å². The maximum absolute atomic E-state index is 13.8. The molecule has 0 radical (unpaired) electrons. The predicted molar refractivity (Wildman–Crippen MR) is 150 cm³/mol. The van der Waals surface area contributed by atoms with Crippen molar-refractivity contribution < 1.29 is 23.9 Å². The normalized spacial score (nSPS) is 24.6. The van der Waals surface area contributed by atoms with Crippen molar-refractivity contribution in [1.29, 1.82) is 0 Å². The van der Waals surface area contributed by atoms with E-state index < -0.39 is 6.04 Å². The van der Waals surface area contributed by atoms with E-state index in [-0.39, 0.29) is 53.7 Å². The van der Waals surface area contributed by atoms with E-state index in [4.69, 9.17) is 9.47 Å². The Bertz CT molecular complexity index is 816. The van der Waals surface area contributed by atoms with Crippen molar-refractivity contribution in [2.24, 2.45) is 11.8 Å². The number of carbonyl (C=O) groups excluding carboxylic acids is 3. The smallest absolute Gasteiger partial charge is 0.249 e. The predicted octanol–water partition coefficient (Wildman–Crippen LogP) is 2.69. The summed E-state index contributed by atoms with van der Waals surface area (Å²) in [5.74, 6) is -0.276. The Morgan fingerprint density at radius 1 is 0.974 bits per heavy atom. The second kappa shape index (κ2) is 15.0. The fraction of sp³-hybridized carbons (Fsp3) is 0.828. The van der Waals surface area contributed by atoms with Crippen LogP contribution in [0.3, 0.4) is 0 Å². The molecular formula is C29H52N4O5. The van der Waals surface area contributed by atoms with Crippen LogP contribution in [0.15, 0.2) is 11.6 Å². The van der Waals surface area contributed by atoms with Gasteiger partial charge in [0.25, 0.3) is 0 Å². The molecule has 0 aromatic carbocycles. The van der Waals surface area contributed by atoms with Gasteiger partial charge in [0, 0.05) is 26.8 Å². The summed E-state index contributed by atoms with van der Waals surface area (Å²) in [5, 5.41) is 3.06. The molecule has 0 aromatic rings. The molecule has 2 aliphatic rings. The highest BCUT2D eigenvalue weighted by Crippen LogP contribution is 2.27. The Balaban J connectivity index is 2.23. The minimum atomic E-state index is -0.635. The highest BCUT2D eigenvalue weighted by Gasteiger charge is 2.38. The molecule has 0 aromatic heterocycles. The molecule has 0 aliphatic carbocycles. The van der Waals surface area contributed by atoms with Gasteiger partial charge < -0.3 is 24.6 Å². The summed E-state index contributed by atoms with van der Waals surface area (Å²) in [7, 11) is 7.05. The van der Waals surface area contributed by atoms with Crippen molar-refractivity contribution in [3.8, 4) is 0 Å². The van der Waals surface area contributed by atoms with Crippen molar-refractivity contribution in [2.45, 2.75) is 96.9 Å². The Kier molecular flexibility index (Phi) is 12.7. The maximum atomic E-state index is 13.8. The second-order valence-electron chi connectivity index (χ2n) is 11.8.